The lowest BCUT2D eigenvalue weighted by atomic mass is 10.1. The van der Waals surface area contributed by atoms with Crippen molar-refractivity contribution < 1.29 is 14.3 Å². The maximum atomic E-state index is 12.6. The van der Waals surface area contributed by atoms with Gasteiger partial charge in [0, 0.05) is 0 Å². The highest BCUT2D eigenvalue weighted by Gasteiger charge is 2.24. The number of ether oxygens (including phenoxy) is 2. The van der Waals surface area contributed by atoms with Crippen LogP contribution in [0.3, 0.4) is 0 Å². The van der Waals surface area contributed by atoms with Gasteiger partial charge in [0.25, 0.3) is 5.91 Å². The number of carbonyl (C=O) groups excluding carboxylic acids is 1. The van der Waals surface area contributed by atoms with Crippen molar-refractivity contribution in [3.8, 4) is 11.5 Å². The summed E-state index contributed by atoms with van der Waals surface area (Å²) in [6.45, 7) is 0.386. The third-order valence-electron chi connectivity index (χ3n) is 5.53. The molecule has 0 bridgehead atoms. The number of hydrogen-bond acceptors (Lipinski definition) is 5. The molecule has 180 valence electrons. The van der Waals surface area contributed by atoms with Gasteiger partial charge >= 0.3 is 0 Å². The number of nitrogens with one attached hydrogen (secondary N) is 1. The zero-order valence-corrected chi connectivity index (χ0v) is 22.3. The Morgan fingerprint density at radius 2 is 1.83 bits per heavy atom. The molecule has 0 radical (unpaired) electrons. The first kappa shape index (κ1) is 24.4. The van der Waals surface area contributed by atoms with E-state index in [2.05, 4.69) is 50.5 Å². The van der Waals surface area contributed by atoms with Gasteiger partial charge < -0.3 is 14.8 Å². The first-order valence-electron chi connectivity index (χ1n) is 11.0. The van der Waals surface area contributed by atoms with E-state index in [-0.39, 0.29) is 5.91 Å². The average molecular weight is 580 g/mol. The quantitative estimate of drug-likeness (QED) is 0.237. The summed E-state index contributed by atoms with van der Waals surface area (Å²) in [6.07, 6.45) is 1.79. The Kier molecular flexibility index (Phi) is 7.32. The second-order valence-electron chi connectivity index (χ2n) is 7.89. The molecule has 0 spiro atoms. The number of aliphatic imine (C=N–C) groups is 1. The number of halogens is 2. The summed E-state index contributed by atoms with van der Waals surface area (Å²) in [5, 5.41) is 6.09. The van der Waals surface area contributed by atoms with Gasteiger partial charge in [-0.05, 0) is 79.9 Å². The minimum absolute atomic E-state index is 0.225. The van der Waals surface area contributed by atoms with Crippen LogP contribution in [0, 0.1) is 0 Å². The highest BCUT2D eigenvalue weighted by atomic mass is 79.9. The van der Waals surface area contributed by atoms with Gasteiger partial charge in [0.2, 0.25) is 0 Å². The average Bonchev–Trinajstić information content (AvgIpc) is 3.22. The van der Waals surface area contributed by atoms with E-state index in [1.165, 1.54) is 11.8 Å². The molecule has 0 atom stereocenters. The van der Waals surface area contributed by atoms with Crippen LogP contribution in [0.4, 0.5) is 5.69 Å². The van der Waals surface area contributed by atoms with E-state index in [0.29, 0.717) is 38.9 Å². The summed E-state index contributed by atoms with van der Waals surface area (Å²) in [6, 6.07) is 25.3. The number of benzene rings is 4. The molecule has 0 aliphatic carbocycles. The lowest BCUT2D eigenvalue weighted by Crippen LogP contribution is -2.19. The lowest BCUT2D eigenvalue weighted by Gasteiger charge is -2.15. The molecule has 0 unspecified atom stereocenters. The number of para-hydroxylation sites is 1. The summed E-state index contributed by atoms with van der Waals surface area (Å²) in [7, 11) is 1.59. The van der Waals surface area contributed by atoms with Crippen LogP contribution in [0.25, 0.3) is 16.8 Å². The fourth-order valence-electron chi connectivity index (χ4n) is 3.82. The van der Waals surface area contributed by atoms with Crippen LogP contribution in [0.2, 0.25) is 5.02 Å². The number of rotatable bonds is 6. The zero-order chi connectivity index (χ0) is 25.1. The number of thioether (sulfide) groups is 1. The van der Waals surface area contributed by atoms with Crippen molar-refractivity contribution in [2.45, 2.75) is 6.61 Å². The third kappa shape index (κ3) is 5.28. The van der Waals surface area contributed by atoms with Crippen molar-refractivity contribution in [1.29, 1.82) is 0 Å². The number of fused-ring (bicyclic) bond motifs is 1. The molecule has 1 heterocycles. The van der Waals surface area contributed by atoms with Gasteiger partial charge in [0.15, 0.2) is 16.7 Å². The minimum Gasteiger partial charge on any atom is -0.493 e. The molecule has 5 nitrogen and oxygen atoms in total. The maximum absolute atomic E-state index is 12.6. The largest absolute Gasteiger partial charge is 0.493 e. The van der Waals surface area contributed by atoms with E-state index in [1.807, 2.05) is 42.5 Å². The van der Waals surface area contributed by atoms with Crippen LogP contribution in [-0.2, 0) is 11.4 Å². The molecule has 36 heavy (non-hydrogen) atoms. The molecular weight excluding hydrogens is 560 g/mol. The standard InChI is InChI=1S/C28H20BrClN2O3S/c1-34-24-14-17(15-25-27(33)32-28(36-25)31-23-12-5-4-11-22(23)30)13-21(29)26(24)35-16-19-9-6-8-18-7-2-3-10-20(18)19/h2-15H,16H2,1H3,(H,31,32,33)/b25-15+. The first-order chi connectivity index (χ1) is 17.5. The monoisotopic (exact) mass is 578 g/mol. The lowest BCUT2D eigenvalue weighted by molar-refractivity contribution is -0.115. The Balaban J connectivity index is 1.38. The molecule has 5 rings (SSSR count). The number of carbonyl (C=O) groups is 1. The van der Waals surface area contributed by atoms with Crippen LogP contribution in [-0.4, -0.2) is 18.2 Å². The minimum atomic E-state index is -0.225. The van der Waals surface area contributed by atoms with Crippen LogP contribution < -0.4 is 14.8 Å². The normalized spacial score (nSPS) is 15.5. The molecule has 4 aromatic rings. The summed E-state index contributed by atoms with van der Waals surface area (Å²) in [4.78, 5) is 17.5. The van der Waals surface area contributed by atoms with Crippen molar-refractivity contribution in [3.63, 3.8) is 0 Å². The Bertz CT molecular complexity index is 1530. The van der Waals surface area contributed by atoms with Crippen LogP contribution in [0.15, 0.2) is 93.2 Å². The van der Waals surface area contributed by atoms with E-state index >= 15 is 0 Å². The zero-order valence-electron chi connectivity index (χ0n) is 19.1. The molecule has 1 fully saturated rings. The fourth-order valence-corrected chi connectivity index (χ4v) is 5.40. The van der Waals surface area contributed by atoms with E-state index in [0.717, 1.165) is 26.4 Å². The van der Waals surface area contributed by atoms with Gasteiger partial charge in [-0.1, -0.05) is 66.2 Å². The SMILES string of the molecule is COc1cc(/C=C2/SC(=Nc3ccccc3Cl)NC2=O)cc(Br)c1OCc1cccc2ccccc12. The van der Waals surface area contributed by atoms with E-state index in [4.69, 9.17) is 21.1 Å². The van der Waals surface area contributed by atoms with E-state index < -0.39 is 0 Å². The maximum Gasteiger partial charge on any atom is 0.264 e. The molecule has 1 saturated heterocycles. The smallest absolute Gasteiger partial charge is 0.264 e. The summed E-state index contributed by atoms with van der Waals surface area (Å²) < 4.78 is 12.5. The summed E-state index contributed by atoms with van der Waals surface area (Å²) in [5.74, 6) is 0.930. The second kappa shape index (κ2) is 10.8. The highest BCUT2D eigenvalue weighted by molar-refractivity contribution is 9.10. The molecule has 4 aromatic carbocycles. The van der Waals surface area contributed by atoms with Gasteiger partial charge in [-0.3, -0.25) is 4.79 Å². The predicted octanol–water partition coefficient (Wildman–Crippen LogP) is 7.73. The van der Waals surface area contributed by atoms with Crippen molar-refractivity contribution in [2.24, 2.45) is 4.99 Å². The molecular formula is C28H20BrClN2O3S. The molecule has 1 aliphatic heterocycles. The molecule has 1 amide bonds. The van der Waals surface area contributed by atoms with Gasteiger partial charge in [0.05, 0.1) is 27.2 Å². The number of nitrogens with zero attached hydrogens (tertiary/aromatic N) is 1. The van der Waals surface area contributed by atoms with Crippen LogP contribution in [0.1, 0.15) is 11.1 Å². The van der Waals surface area contributed by atoms with Crippen molar-refractivity contribution in [1.82, 2.24) is 5.32 Å². The highest BCUT2D eigenvalue weighted by Crippen LogP contribution is 2.39. The van der Waals surface area contributed by atoms with Gasteiger partial charge in [-0.15, -0.1) is 0 Å². The summed E-state index contributed by atoms with van der Waals surface area (Å²) in [5.41, 5.74) is 2.46. The van der Waals surface area contributed by atoms with Gasteiger partial charge in [0.1, 0.15) is 6.61 Å². The Hall–Kier alpha value is -3.26. The summed E-state index contributed by atoms with van der Waals surface area (Å²) >= 11 is 11.1. The fraction of sp³-hybridized carbons (Fsp3) is 0.0714. The Morgan fingerprint density at radius 1 is 1.06 bits per heavy atom. The Morgan fingerprint density at radius 3 is 2.67 bits per heavy atom. The van der Waals surface area contributed by atoms with Crippen LogP contribution in [0.5, 0.6) is 11.5 Å². The molecule has 1 aliphatic rings. The molecule has 0 aromatic heterocycles. The number of methoxy groups -OCH3 is 1. The number of hydrogen-bond donors (Lipinski definition) is 1. The number of amides is 1. The third-order valence-corrected chi connectivity index (χ3v) is 7.35. The topological polar surface area (TPSA) is 59.9 Å². The van der Waals surface area contributed by atoms with Crippen molar-refractivity contribution in [2.75, 3.05) is 7.11 Å². The first-order valence-corrected chi connectivity index (χ1v) is 13.0. The van der Waals surface area contributed by atoms with Crippen LogP contribution >= 0.6 is 39.3 Å². The second-order valence-corrected chi connectivity index (χ2v) is 10.2. The van der Waals surface area contributed by atoms with E-state index in [1.54, 1.807) is 25.3 Å². The predicted molar refractivity (Wildman–Crippen MR) is 151 cm³/mol. The molecule has 1 N–H and O–H groups in total. The Labute approximate surface area is 226 Å². The van der Waals surface area contributed by atoms with Gasteiger partial charge in [-0.25, -0.2) is 4.99 Å². The number of amidine groups is 1. The van der Waals surface area contributed by atoms with E-state index in [9.17, 15) is 4.79 Å². The molecule has 8 heteroatoms. The van der Waals surface area contributed by atoms with Gasteiger partial charge in [-0.2, -0.15) is 0 Å². The van der Waals surface area contributed by atoms with Crippen molar-refractivity contribution >= 4 is 72.9 Å². The van der Waals surface area contributed by atoms with Crippen molar-refractivity contribution in [3.05, 3.63) is 104 Å². The molecule has 0 saturated carbocycles.